The molecule has 26 heavy (non-hydrogen) atoms. The normalized spacial score (nSPS) is 18.0. The van der Waals surface area contributed by atoms with Gasteiger partial charge in [0.2, 0.25) is 0 Å². The second-order valence-corrected chi connectivity index (χ2v) is 8.70. The summed E-state index contributed by atoms with van der Waals surface area (Å²) >= 11 is 3.52. The molecule has 0 unspecified atom stereocenters. The molecule has 4 rings (SSSR count). The topological polar surface area (TPSA) is 58.2 Å². The van der Waals surface area contributed by atoms with E-state index in [1.807, 2.05) is 32.9 Å². The van der Waals surface area contributed by atoms with Crippen molar-refractivity contribution >= 4 is 43.8 Å². The molecule has 0 bridgehead atoms. The standard InChI is InChI=1S/C20H22BrN3O2/c1-20(2,3)26-19(25)24-10-4-5-16(24)18-22-15-9-6-12-11-13(21)7-8-14(12)17(15)23-18/h6-9,11,16H,4-5,10H2,1-3H3,(H,22,23)/t16-/m0/s1. The maximum atomic E-state index is 12.6. The predicted molar refractivity (Wildman–Crippen MR) is 106 cm³/mol. The molecule has 0 aliphatic carbocycles. The largest absolute Gasteiger partial charge is 0.444 e. The number of nitrogens with zero attached hydrogens (tertiary/aromatic N) is 2. The van der Waals surface area contributed by atoms with E-state index in [-0.39, 0.29) is 12.1 Å². The van der Waals surface area contributed by atoms with E-state index in [9.17, 15) is 4.79 Å². The van der Waals surface area contributed by atoms with Gasteiger partial charge in [-0.3, -0.25) is 4.90 Å². The SMILES string of the molecule is CC(C)(C)OC(=O)N1CCC[C@H]1c1nc2c(ccc3cc(Br)ccc32)[nH]1. The number of ether oxygens (including phenoxy) is 1. The number of carbonyl (C=O) groups excluding carboxylic acids is 1. The first-order valence-electron chi connectivity index (χ1n) is 8.89. The first-order valence-corrected chi connectivity index (χ1v) is 9.69. The molecule has 5 nitrogen and oxygen atoms in total. The average Bonchev–Trinajstić information content (AvgIpc) is 3.19. The van der Waals surface area contributed by atoms with Crippen molar-refractivity contribution in [1.82, 2.24) is 14.9 Å². The lowest BCUT2D eigenvalue weighted by molar-refractivity contribution is 0.0219. The molecule has 3 aromatic rings. The number of aromatic nitrogens is 2. The number of imidazole rings is 1. The number of nitrogens with one attached hydrogen (secondary N) is 1. The lowest BCUT2D eigenvalue weighted by Crippen LogP contribution is -2.36. The van der Waals surface area contributed by atoms with Gasteiger partial charge in [-0.1, -0.05) is 28.1 Å². The fourth-order valence-electron chi connectivity index (χ4n) is 3.54. The molecule has 1 fully saturated rings. The summed E-state index contributed by atoms with van der Waals surface area (Å²) < 4.78 is 6.62. The quantitative estimate of drug-likeness (QED) is 0.566. The number of H-pyrrole nitrogens is 1. The number of carbonyl (C=O) groups is 1. The fourth-order valence-corrected chi connectivity index (χ4v) is 3.92. The van der Waals surface area contributed by atoms with Gasteiger partial charge in [-0.15, -0.1) is 0 Å². The lowest BCUT2D eigenvalue weighted by Gasteiger charge is -2.27. The van der Waals surface area contributed by atoms with E-state index >= 15 is 0 Å². The molecule has 2 heterocycles. The van der Waals surface area contributed by atoms with Crippen LogP contribution in [0.3, 0.4) is 0 Å². The Bertz CT molecular complexity index is 990. The summed E-state index contributed by atoms with van der Waals surface area (Å²) in [5, 5.41) is 2.25. The van der Waals surface area contributed by atoms with Crippen LogP contribution in [0.15, 0.2) is 34.8 Å². The summed E-state index contributed by atoms with van der Waals surface area (Å²) in [7, 11) is 0. The van der Waals surface area contributed by atoms with Crippen molar-refractivity contribution in [3.63, 3.8) is 0 Å². The van der Waals surface area contributed by atoms with Crippen molar-refractivity contribution in [3.8, 4) is 0 Å². The van der Waals surface area contributed by atoms with Crippen LogP contribution in [0.1, 0.15) is 45.5 Å². The van der Waals surface area contributed by atoms with Crippen LogP contribution < -0.4 is 0 Å². The summed E-state index contributed by atoms with van der Waals surface area (Å²) in [6, 6.07) is 10.3. The molecule has 0 saturated carbocycles. The van der Waals surface area contributed by atoms with Gasteiger partial charge in [0.1, 0.15) is 11.4 Å². The van der Waals surface area contributed by atoms with E-state index in [1.54, 1.807) is 4.90 Å². The van der Waals surface area contributed by atoms with E-state index < -0.39 is 5.60 Å². The zero-order valence-electron chi connectivity index (χ0n) is 15.2. The Balaban J connectivity index is 1.71. The number of halogens is 1. The van der Waals surface area contributed by atoms with Gasteiger partial charge in [-0.25, -0.2) is 9.78 Å². The minimum absolute atomic E-state index is 0.0669. The van der Waals surface area contributed by atoms with Crippen molar-refractivity contribution in [3.05, 3.63) is 40.6 Å². The van der Waals surface area contributed by atoms with E-state index in [4.69, 9.17) is 9.72 Å². The smallest absolute Gasteiger partial charge is 0.410 e. The summed E-state index contributed by atoms with van der Waals surface area (Å²) in [4.78, 5) is 22.6. The lowest BCUT2D eigenvalue weighted by atomic mass is 10.1. The van der Waals surface area contributed by atoms with Crippen LogP contribution in [0, 0.1) is 0 Å². The van der Waals surface area contributed by atoms with Crippen LogP contribution in [0.2, 0.25) is 0 Å². The number of rotatable bonds is 1. The molecule has 1 saturated heterocycles. The number of hydrogen-bond donors (Lipinski definition) is 1. The molecule has 0 spiro atoms. The van der Waals surface area contributed by atoms with Crippen molar-refractivity contribution in [2.45, 2.75) is 45.3 Å². The summed E-state index contributed by atoms with van der Waals surface area (Å²) in [5.74, 6) is 0.832. The van der Waals surface area contributed by atoms with E-state index in [0.29, 0.717) is 6.54 Å². The van der Waals surface area contributed by atoms with Crippen molar-refractivity contribution < 1.29 is 9.53 Å². The van der Waals surface area contributed by atoms with Gasteiger partial charge in [0.15, 0.2) is 0 Å². The second-order valence-electron chi connectivity index (χ2n) is 7.78. The van der Waals surface area contributed by atoms with Crippen LogP contribution >= 0.6 is 15.9 Å². The number of fused-ring (bicyclic) bond motifs is 3. The minimum Gasteiger partial charge on any atom is -0.444 e. The third-order valence-corrected chi connectivity index (χ3v) is 5.14. The molecule has 1 N–H and O–H groups in total. The average molecular weight is 416 g/mol. The van der Waals surface area contributed by atoms with Crippen LogP contribution in [0.5, 0.6) is 0 Å². The molecular weight excluding hydrogens is 394 g/mol. The molecule has 1 atom stereocenters. The Hall–Kier alpha value is -2.08. The Morgan fingerprint density at radius 1 is 1.31 bits per heavy atom. The third-order valence-electron chi connectivity index (χ3n) is 4.64. The number of benzene rings is 2. The highest BCUT2D eigenvalue weighted by Crippen LogP contribution is 2.34. The monoisotopic (exact) mass is 415 g/mol. The van der Waals surface area contributed by atoms with E-state index in [0.717, 1.165) is 44.9 Å². The molecule has 1 amide bonds. The number of amides is 1. The van der Waals surface area contributed by atoms with Gasteiger partial charge >= 0.3 is 6.09 Å². The highest BCUT2D eigenvalue weighted by atomic mass is 79.9. The summed E-state index contributed by atoms with van der Waals surface area (Å²) in [6.07, 6.45) is 1.58. The van der Waals surface area contributed by atoms with Gasteiger partial charge in [0, 0.05) is 16.4 Å². The Labute approximate surface area is 160 Å². The minimum atomic E-state index is -0.498. The predicted octanol–water partition coefficient (Wildman–Crippen LogP) is 5.55. The van der Waals surface area contributed by atoms with Crippen LogP contribution in [-0.4, -0.2) is 33.1 Å². The van der Waals surface area contributed by atoms with E-state index in [2.05, 4.69) is 39.1 Å². The van der Waals surface area contributed by atoms with E-state index in [1.165, 1.54) is 0 Å². The highest BCUT2D eigenvalue weighted by molar-refractivity contribution is 9.10. The van der Waals surface area contributed by atoms with Crippen LogP contribution in [0.4, 0.5) is 4.79 Å². The maximum Gasteiger partial charge on any atom is 0.410 e. The first-order chi connectivity index (χ1) is 12.3. The summed E-state index contributed by atoms with van der Waals surface area (Å²) in [5.41, 5.74) is 1.44. The van der Waals surface area contributed by atoms with Gasteiger partial charge in [0.25, 0.3) is 0 Å². The Kier molecular flexibility index (Phi) is 4.18. The van der Waals surface area contributed by atoms with Crippen molar-refractivity contribution in [1.29, 1.82) is 0 Å². The Morgan fingerprint density at radius 2 is 2.12 bits per heavy atom. The zero-order valence-corrected chi connectivity index (χ0v) is 16.8. The fraction of sp³-hybridized carbons (Fsp3) is 0.400. The van der Waals surface area contributed by atoms with Crippen molar-refractivity contribution in [2.75, 3.05) is 6.54 Å². The van der Waals surface area contributed by atoms with Gasteiger partial charge < -0.3 is 9.72 Å². The molecule has 1 aliphatic heterocycles. The second kappa shape index (κ2) is 6.27. The highest BCUT2D eigenvalue weighted by Gasteiger charge is 2.35. The molecule has 6 heteroatoms. The number of hydrogen-bond acceptors (Lipinski definition) is 3. The number of aromatic amines is 1. The van der Waals surface area contributed by atoms with Crippen molar-refractivity contribution in [2.24, 2.45) is 0 Å². The first kappa shape index (κ1) is 17.3. The number of likely N-dealkylation sites (tertiary alicyclic amines) is 1. The molecule has 1 aromatic heterocycles. The molecular formula is C20H22BrN3O2. The molecule has 136 valence electrons. The van der Waals surface area contributed by atoms with Crippen LogP contribution in [0.25, 0.3) is 21.8 Å². The molecule has 1 aliphatic rings. The molecule has 2 aromatic carbocycles. The van der Waals surface area contributed by atoms with Gasteiger partial charge in [-0.05, 0) is 57.2 Å². The Morgan fingerprint density at radius 3 is 2.88 bits per heavy atom. The van der Waals surface area contributed by atoms with Gasteiger partial charge in [-0.2, -0.15) is 0 Å². The zero-order chi connectivity index (χ0) is 18.5. The molecule has 0 radical (unpaired) electrons. The van der Waals surface area contributed by atoms with Crippen LogP contribution in [-0.2, 0) is 4.74 Å². The third kappa shape index (κ3) is 3.18. The maximum absolute atomic E-state index is 12.6. The van der Waals surface area contributed by atoms with Gasteiger partial charge in [0.05, 0.1) is 17.1 Å². The summed E-state index contributed by atoms with van der Waals surface area (Å²) in [6.45, 7) is 6.37.